The number of morpholine rings is 1. The maximum atomic E-state index is 13.0. The fraction of sp³-hybridized carbons (Fsp3) is 0.278. The first-order valence-corrected chi connectivity index (χ1v) is 8.84. The quantitative estimate of drug-likeness (QED) is 0.576. The van der Waals surface area contributed by atoms with Crippen molar-refractivity contribution >= 4 is 34.6 Å². The van der Waals surface area contributed by atoms with Crippen LogP contribution in [0.15, 0.2) is 36.4 Å². The summed E-state index contributed by atoms with van der Waals surface area (Å²) in [5.74, 6) is -0.780. The van der Waals surface area contributed by atoms with Gasteiger partial charge in [-0.05, 0) is 30.3 Å². The zero-order valence-corrected chi connectivity index (χ0v) is 15.6. The van der Waals surface area contributed by atoms with Crippen LogP contribution in [-0.4, -0.2) is 37.1 Å². The van der Waals surface area contributed by atoms with E-state index in [-0.39, 0.29) is 16.9 Å². The van der Waals surface area contributed by atoms with Crippen LogP contribution >= 0.6 is 11.6 Å². The van der Waals surface area contributed by atoms with Crippen molar-refractivity contribution in [3.63, 3.8) is 0 Å². The molecule has 0 bridgehead atoms. The number of anilines is 2. The Morgan fingerprint density at radius 2 is 1.86 bits per heavy atom. The molecular weight excluding hydrogens is 415 g/mol. The molecule has 1 fully saturated rings. The van der Waals surface area contributed by atoms with Crippen molar-refractivity contribution in [2.45, 2.75) is 6.18 Å². The van der Waals surface area contributed by atoms with Gasteiger partial charge in [-0.15, -0.1) is 0 Å². The number of rotatable bonds is 4. The van der Waals surface area contributed by atoms with Gasteiger partial charge < -0.3 is 15.0 Å². The smallest absolute Gasteiger partial charge is 0.378 e. The van der Waals surface area contributed by atoms with Crippen LogP contribution in [-0.2, 0) is 10.9 Å². The van der Waals surface area contributed by atoms with Crippen molar-refractivity contribution in [1.82, 2.24) is 0 Å². The van der Waals surface area contributed by atoms with Gasteiger partial charge in [0.05, 0.1) is 28.7 Å². The van der Waals surface area contributed by atoms with Crippen molar-refractivity contribution in [2.75, 3.05) is 36.5 Å². The van der Waals surface area contributed by atoms with E-state index in [2.05, 4.69) is 5.32 Å². The third-order valence-corrected chi connectivity index (χ3v) is 4.65. The van der Waals surface area contributed by atoms with Crippen molar-refractivity contribution in [1.29, 1.82) is 0 Å². The summed E-state index contributed by atoms with van der Waals surface area (Å²) in [6, 6.07) is 6.86. The second kappa shape index (κ2) is 8.26. The maximum absolute atomic E-state index is 13.0. The van der Waals surface area contributed by atoms with E-state index >= 15 is 0 Å². The van der Waals surface area contributed by atoms with Crippen molar-refractivity contribution < 1.29 is 27.6 Å². The Hall–Kier alpha value is -2.85. The molecule has 2 aromatic carbocycles. The van der Waals surface area contributed by atoms with Gasteiger partial charge >= 0.3 is 6.18 Å². The van der Waals surface area contributed by atoms with E-state index < -0.39 is 27.6 Å². The Balaban J connectivity index is 1.86. The minimum Gasteiger partial charge on any atom is -0.378 e. The third-order valence-electron chi connectivity index (χ3n) is 4.32. The van der Waals surface area contributed by atoms with E-state index in [0.29, 0.717) is 38.1 Å². The monoisotopic (exact) mass is 429 g/mol. The number of hydrogen-bond donors (Lipinski definition) is 1. The summed E-state index contributed by atoms with van der Waals surface area (Å²) >= 11 is 5.56. The molecule has 0 spiro atoms. The SMILES string of the molecule is O=C(Nc1ccc(Cl)c(C(F)(F)F)c1)c1ccc(N2CCOCC2)c([N+](=O)[O-])c1. The Morgan fingerprint density at radius 1 is 1.17 bits per heavy atom. The molecule has 29 heavy (non-hydrogen) atoms. The van der Waals surface area contributed by atoms with E-state index in [0.717, 1.165) is 12.1 Å². The van der Waals surface area contributed by atoms with Crippen LogP contribution < -0.4 is 10.2 Å². The first-order valence-electron chi connectivity index (χ1n) is 8.46. The Morgan fingerprint density at radius 3 is 2.48 bits per heavy atom. The van der Waals surface area contributed by atoms with Gasteiger partial charge in [0.25, 0.3) is 11.6 Å². The third kappa shape index (κ3) is 4.77. The lowest BCUT2D eigenvalue weighted by Crippen LogP contribution is -2.36. The number of alkyl halides is 3. The predicted octanol–water partition coefficient (Wildman–Crippen LogP) is 4.36. The normalized spacial score (nSPS) is 14.6. The highest BCUT2D eigenvalue weighted by Gasteiger charge is 2.33. The lowest BCUT2D eigenvalue weighted by atomic mass is 10.1. The molecule has 2 aromatic rings. The standard InChI is InChI=1S/C18H15ClF3N3O4/c19-14-3-2-12(10-13(14)18(20,21)22)23-17(26)11-1-4-15(16(9-11)25(27)28)24-5-7-29-8-6-24/h1-4,9-10H,5-8H2,(H,23,26). The molecule has 1 aliphatic heterocycles. The van der Waals surface area contributed by atoms with Crippen LogP contribution in [0.1, 0.15) is 15.9 Å². The maximum Gasteiger partial charge on any atom is 0.417 e. The molecule has 0 aliphatic carbocycles. The molecule has 1 N–H and O–H groups in total. The zero-order chi connectivity index (χ0) is 21.2. The number of nitro groups is 1. The number of carbonyl (C=O) groups is 1. The number of nitrogens with one attached hydrogen (secondary N) is 1. The zero-order valence-electron chi connectivity index (χ0n) is 14.8. The first kappa shape index (κ1) is 20.9. The average molecular weight is 430 g/mol. The van der Waals surface area contributed by atoms with Gasteiger partial charge in [-0.25, -0.2) is 0 Å². The molecule has 7 nitrogen and oxygen atoms in total. The molecule has 0 saturated carbocycles. The topological polar surface area (TPSA) is 84.7 Å². The highest BCUT2D eigenvalue weighted by molar-refractivity contribution is 6.31. The molecule has 0 radical (unpaired) electrons. The molecule has 3 rings (SSSR count). The number of amides is 1. The van der Waals surface area contributed by atoms with Crippen LogP contribution in [0, 0.1) is 10.1 Å². The summed E-state index contributed by atoms with van der Waals surface area (Å²) in [7, 11) is 0. The Kier molecular flexibility index (Phi) is 5.94. The summed E-state index contributed by atoms with van der Waals surface area (Å²) in [5, 5.41) is 13.3. The van der Waals surface area contributed by atoms with Gasteiger partial charge in [0.2, 0.25) is 0 Å². The van der Waals surface area contributed by atoms with E-state index in [1.165, 1.54) is 18.2 Å². The number of nitro benzene ring substituents is 1. The molecule has 0 unspecified atom stereocenters. The molecule has 0 aromatic heterocycles. The summed E-state index contributed by atoms with van der Waals surface area (Å²) in [4.78, 5) is 25.1. The number of hydrogen-bond acceptors (Lipinski definition) is 5. The highest BCUT2D eigenvalue weighted by atomic mass is 35.5. The molecule has 0 atom stereocenters. The van der Waals surface area contributed by atoms with Crippen LogP contribution in [0.4, 0.5) is 30.2 Å². The fourth-order valence-electron chi connectivity index (χ4n) is 2.91. The summed E-state index contributed by atoms with van der Waals surface area (Å²) in [5.41, 5.74) is -1.21. The van der Waals surface area contributed by atoms with Crippen LogP contribution in [0.5, 0.6) is 0 Å². The number of benzene rings is 2. The lowest BCUT2D eigenvalue weighted by Gasteiger charge is -2.28. The van der Waals surface area contributed by atoms with Crippen molar-refractivity contribution in [3.05, 3.63) is 62.7 Å². The first-order chi connectivity index (χ1) is 13.7. The second-order valence-corrected chi connectivity index (χ2v) is 6.61. The Bertz CT molecular complexity index is 946. The Labute approximate surface area is 168 Å². The second-order valence-electron chi connectivity index (χ2n) is 6.21. The van der Waals surface area contributed by atoms with Crippen LogP contribution in [0.3, 0.4) is 0 Å². The number of halogens is 4. The van der Waals surface area contributed by atoms with Crippen molar-refractivity contribution in [2.24, 2.45) is 0 Å². The number of nitrogens with zero attached hydrogens (tertiary/aromatic N) is 2. The van der Waals surface area contributed by atoms with Gasteiger partial charge in [0.15, 0.2) is 0 Å². The molecule has 154 valence electrons. The van der Waals surface area contributed by atoms with Crippen LogP contribution in [0.25, 0.3) is 0 Å². The minimum atomic E-state index is -4.68. The van der Waals surface area contributed by atoms with Gasteiger partial charge in [-0.2, -0.15) is 13.2 Å². The van der Waals surface area contributed by atoms with Gasteiger partial charge in [0, 0.05) is 30.4 Å². The largest absolute Gasteiger partial charge is 0.417 e. The number of ether oxygens (including phenoxy) is 1. The van der Waals surface area contributed by atoms with Gasteiger partial charge in [-0.1, -0.05) is 11.6 Å². The molecule has 1 heterocycles. The average Bonchev–Trinajstić information content (AvgIpc) is 2.68. The predicted molar refractivity (Wildman–Crippen MR) is 101 cm³/mol. The molecule has 1 amide bonds. The van der Waals surface area contributed by atoms with Crippen molar-refractivity contribution in [3.8, 4) is 0 Å². The van der Waals surface area contributed by atoms with Gasteiger partial charge in [0.1, 0.15) is 5.69 Å². The summed E-state index contributed by atoms with van der Waals surface area (Å²) in [6.07, 6.45) is -4.68. The fourth-order valence-corrected chi connectivity index (χ4v) is 3.13. The lowest BCUT2D eigenvalue weighted by molar-refractivity contribution is -0.384. The van der Waals surface area contributed by atoms with E-state index in [4.69, 9.17) is 16.3 Å². The molecule has 1 aliphatic rings. The summed E-state index contributed by atoms with van der Waals surface area (Å²) in [6.45, 7) is 1.80. The van der Waals surface area contributed by atoms with E-state index in [1.807, 2.05) is 0 Å². The van der Waals surface area contributed by atoms with E-state index in [1.54, 1.807) is 4.90 Å². The van der Waals surface area contributed by atoms with Crippen LogP contribution in [0.2, 0.25) is 5.02 Å². The summed E-state index contributed by atoms with van der Waals surface area (Å²) < 4.78 is 44.1. The number of carbonyl (C=O) groups excluding carboxylic acids is 1. The molecule has 1 saturated heterocycles. The van der Waals surface area contributed by atoms with E-state index in [9.17, 15) is 28.1 Å². The highest BCUT2D eigenvalue weighted by Crippen LogP contribution is 2.36. The minimum absolute atomic E-state index is 0.0581. The molecule has 11 heteroatoms. The van der Waals surface area contributed by atoms with Gasteiger partial charge in [-0.3, -0.25) is 14.9 Å². The molecular formula is C18H15ClF3N3O4.